The van der Waals surface area contributed by atoms with Gasteiger partial charge in [-0.2, -0.15) is 5.10 Å². The molecule has 2 fully saturated rings. The summed E-state index contributed by atoms with van der Waals surface area (Å²) in [5, 5.41) is 4.22. The maximum Gasteiger partial charge on any atom is 0.226 e. The third-order valence-corrected chi connectivity index (χ3v) is 5.03. The Kier molecular flexibility index (Phi) is 3.43. The molecule has 1 aliphatic heterocycles. The van der Waals surface area contributed by atoms with Crippen molar-refractivity contribution in [1.82, 2.24) is 14.7 Å². The summed E-state index contributed by atoms with van der Waals surface area (Å²) in [6, 6.07) is 6.79. The lowest BCUT2D eigenvalue weighted by atomic mass is 10.1. The molecule has 1 saturated carbocycles. The van der Waals surface area contributed by atoms with E-state index in [2.05, 4.69) is 5.10 Å². The quantitative estimate of drug-likeness (QED) is 0.873. The van der Waals surface area contributed by atoms with E-state index in [0.717, 1.165) is 36.9 Å². The molecule has 5 heteroatoms. The summed E-state index contributed by atoms with van der Waals surface area (Å²) in [4.78, 5) is 14.9. The van der Waals surface area contributed by atoms with E-state index in [0.29, 0.717) is 0 Å². The molecule has 3 atom stereocenters. The van der Waals surface area contributed by atoms with Gasteiger partial charge in [-0.25, -0.2) is 4.39 Å². The number of halogens is 1. The Balaban J connectivity index is 1.49. The van der Waals surface area contributed by atoms with E-state index in [4.69, 9.17) is 0 Å². The van der Waals surface area contributed by atoms with Gasteiger partial charge in [-0.15, -0.1) is 0 Å². The number of likely N-dealkylation sites (tertiary alicyclic amines) is 1. The molecule has 2 aliphatic rings. The maximum absolute atomic E-state index is 13.4. The molecular formula is C18H20FN3O. The third kappa shape index (κ3) is 2.64. The second-order valence-corrected chi connectivity index (χ2v) is 6.64. The fourth-order valence-electron chi connectivity index (χ4n) is 3.78. The van der Waals surface area contributed by atoms with E-state index < -0.39 is 0 Å². The molecule has 0 N–H and O–H groups in total. The third-order valence-electron chi connectivity index (χ3n) is 5.03. The van der Waals surface area contributed by atoms with E-state index in [9.17, 15) is 9.18 Å². The van der Waals surface area contributed by atoms with Crippen molar-refractivity contribution >= 4 is 5.91 Å². The molecular weight excluding hydrogens is 293 g/mol. The first-order chi connectivity index (χ1) is 11.1. The van der Waals surface area contributed by atoms with Crippen molar-refractivity contribution in [3.05, 3.63) is 53.6 Å². The first kappa shape index (κ1) is 14.4. The minimum Gasteiger partial charge on any atom is -0.335 e. The number of benzene rings is 1. The molecule has 2 aromatic rings. The van der Waals surface area contributed by atoms with E-state index in [1.807, 2.05) is 30.4 Å². The number of carbonyl (C=O) groups is 1. The molecule has 4 rings (SSSR count). The van der Waals surface area contributed by atoms with Gasteiger partial charge in [0.05, 0.1) is 12.2 Å². The van der Waals surface area contributed by atoms with Crippen LogP contribution in [0.2, 0.25) is 0 Å². The number of aromatic nitrogens is 2. The summed E-state index contributed by atoms with van der Waals surface area (Å²) in [6.45, 7) is 0.810. The molecule has 120 valence electrons. The Morgan fingerprint density at radius 2 is 2.22 bits per heavy atom. The molecule has 2 heterocycles. The van der Waals surface area contributed by atoms with Crippen molar-refractivity contribution in [2.45, 2.75) is 31.2 Å². The zero-order valence-electron chi connectivity index (χ0n) is 13.2. The Hall–Kier alpha value is -2.17. The van der Waals surface area contributed by atoms with E-state index in [1.54, 1.807) is 16.8 Å². The lowest BCUT2D eigenvalue weighted by molar-refractivity contribution is -0.133. The number of hydrogen-bond donors (Lipinski definition) is 0. The van der Waals surface area contributed by atoms with Crippen LogP contribution < -0.4 is 0 Å². The molecule has 0 radical (unpaired) electrons. The van der Waals surface area contributed by atoms with Crippen LogP contribution in [0.5, 0.6) is 0 Å². The molecule has 0 bridgehead atoms. The van der Waals surface area contributed by atoms with Gasteiger partial charge in [0, 0.05) is 31.3 Å². The van der Waals surface area contributed by atoms with Crippen LogP contribution in [-0.4, -0.2) is 27.1 Å². The summed E-state index contributed by atoms with van der Waals surface area (Å²) < 4.78 is 15.1. The van der Waals surface area contributed by atoms with Gasteiger partial charge in [0.25, 0.3) is 0 Å². The van der Waals surface area contributed by atoms with Gasteiger partial charge in [0.1, 0.15) is 5.82 Å². The zero-order valence-corrected chi connectivity index (χ0v) is 13.2. The van der Waals surface area contributed by atoms with Gasteiger partial charge in [-0.1, -0.05) is 12.1 Å². The number of rotatable bonds is 3. The number of nitrogens with zero attached hydrogens (tertiary/aromatic N) is 3. The van der Waals surface area contributed by atoms with Crippen molar-refractivity contribution in [2.75, 3.05) is 6.54 Å². The van der Waals surface area contributed by atoms with Crippen LogP contribution in [0.25, 0.3) is 0 Å². The number of aryl methyl sites for hydroxylation is 1. The topological polar surface area (TPSA) is 38.1 Å². The van der Waals surface area contributed by atoms with Crippen molar-refractivity contribution in [1.29, 1.82) is 0 Å². The zero-order chi connectivity index (χ0) is 16.0. The van der Waals surface area contributed by atoms with Gasteiger partial charge in [0.2, 0.25) is 5.91 Å². The van der Waals surface area contributed by atoms with Crippen LogP contribution in [-0.2, 0) is 11.8 Å². The van der Waals surface area contributed by atoms with Crippen molar-refractivity contribution < 1.29 is 9.18 Å². The van der Waals surface area contributed by atoms with Crippen LogP contribution in [0.15, 0.2) is 36.7 Å². The van der Waals surface area contributed by atoms with Crippen LogP contribution in [0.1, 0.15) is 42.3 Å². The Morgan fingerprint density at radius 3 is 2.96 bits per heavy atom. The Bertz CT molecular complexity index is 741. The monoisotopic (exact) mass is 313 g/mol. The number of amides is 1. The maximum atomic E-state index is 13.4. The Labute approximate surface area is 134 Å². The Morgan fingerprint density at radius 1 is 1.35 bits per heavy atom. The van der Waals surface area contributed by atoms with Crippen LogP contribution in [0, 0.1) is 11.7 Å². The van der Waals surface area contributed by atoms with Crippen molar-refractivity contribution in [3.63, 3.8) is 0 Å². The highest BCUT2D eigenvalue weighted by Crippen LogP contribution is 2.50. The van der Waals surface area contributed by atoms with Crippen LogP contribution in [0.4, 0.5) is 4.39 Å². The summed E-state index contributed by atoms with van der Waals surface area (Å²) in [6.07, 6.45) is 6.70. The van der Waals surface area contributed by atoms with Gasteiger partial charge in [-0.3, -0.25) is 9.48 Å². The predicted molar refractivity (Wildman–Crippen MR) is 84.1 cm³/mol. The summed E-state index contributed by atoms with van der Waals surface area (Å²) in [5.41, 5.74) is 2.06. The van der Waals surface area contributed by atoms with Gasteiger partial charge < -0.3 is 4.90 Å². The molecule has 4 nitrogen and oxygen atoms in total. The van der Waals surface area contributed by atoms with Gasteiger partial charge in [-0.05, 0) is 42.9 Å². The average molecular weight is 313 g/mol. The summed E-state index contributed by atoms with van der Waals surface area (Å²) in [7, 11) is 1.89. The van der Waals surface area contributed by atoms with Crippen LogP contribution >= 0.6 is 0 Å². The van der Waals surface area contributed by atoms with Gasteiger partial charge in [0.15, 0.2) is 0 Å². The van der Waals surface area contributed by atoms with Crippen LogP contribution in [0.3, 0.4) is 0 Å². The average Bonchev–Trinajstić information content (AvgIpc) is 2.97. The molecule has 1 aliphatic carbocycles. The minimum absolute atomic E-state index is 0.00840. The molecule has 1 aromatic heterocycles. The highest BCUT2D eigenvalue weighted by Gasteiger charge is 2.47. The normalized spacial score (nSPS) is 26.5. The second-order valence-electron chi connectivity index (χ2n) is 6.64. The first-order valence-corrected chi connectivity index (χ1v) is 8.18. The van der Waals surface area contributed by atoms with E-state index in [1.165, 1.54) is 6.07 Å². The minimum atomic E-state index is -0.227. The fraction of sp³-hybridized carbons (Fsp3) is 0.444. The smallest absolute Gasteiger partial charge is 0.226 e. The SMILES string of the molecule is Cn1cc([C@@H]2CCCN2C(=O)[C@@H]2C[C@H]2c2cccc(F)c2)cn1. The molecule has 23 heavy (non-hydrogen) atoms. The predicted octanol–water partition coefficient (Wildman–Crippen LogP) is 3.03. The fourth-order valence-corrected chi connectivity index (χ4v) is 3.78. The second kappa shape index (κ2) is 5.48. The largest absolute Gasteiger partial charge is 0.335 e. The summed E-state index contributed by atoms with van der Waals surface area (Å²) in [5.74, 6) is 0.169. The lowest BCUT2D eigenvalue weighted by Gasteiger charge is -2.24. The highest BCUT2D eigenvalue weighted by atomic mass is 19.1. The highest BCUT2D eigenvalue weighted by molar-refractivity contribution is 5.83. The molecule has 1 amide bonds. The molecule has 1 aromatic carbocycles. The lowest BCUT2D eigenvalue weighted by Crippen LogP contribution is -2.32. The van der Waals surface area contributed by atoms with Crippen molar-refractivity contribution in [2.24, 2.45) is 13.0 Å². The van der Waals surface area contributed by atoms with Crippen molar-refractivity contribution in [3.8, 4) is 0 Å². The van der Waals surface area contributed by atoms with E-state index >= 15 is 0 Å². The first-order valence-electron chi connectivity index (χ1n) is 8.18. The van der Waals surface area contributed by atoms with E-state index in [-0.39, 0.29) is 29.6 Å². The molecule has 1 saturated heterocycles. The van der Waals surface area contributed by atoms with Gasteiger partial charge >= 0.3 is 0 Å². The standard InChI is InChI=1S/C18H20FN3O/c1-21-11-13(10-20-21)17-6-3-7-22(17)18(23)16-9-15(16)12-4-2-5-14(19)8-12/h2,4-5,8,10-11,15-17H,3,6-7,9H2,1H3/t15-,16+,17-/m0/s1. The number of carbonyl (C=O) groups excluding carboxylic acids is 1. The molecule has 0 unspecified atom stereocenters. The summed E-state index contributed by atoms with van der Waals surface area (Å²) >= 11 is 0. The number of hydrogen-bond acceptors (Lipinski definition) is 2. The molecule has 0 spiro atoms.